The largest absolute Gasteiger partial charge is 0.486 e. The van der Waals surface area contributed by atoms with Crippen molar-refractivity contribution < 1.29 is 14.3 Å². The molecular weight excluding hydrogens is 406 g/mol. The molecule has 1 aromatic heterocycles. The van der Waals surface area contributed by atoms with Gasteiger partial charge < -0.3 is 24.3 Å². The van der Waals surface area contributed by atoms with Crippen molar-refractivity contribution in [2.75, 3.05) is 19.7 Å². The highest BCUT2D eigenvalue weighted by Gasteiger charge is 2.24. The van der Waals surface area contributed by atoms with E-state index >= 15 is 0 Å². The average molecular weight is 434 g/mol. The molecule has 166 valence electrons. The summed E-state index contributed by atoms with van der Waals surface area (Å²) in [6, 6.07) is 20.4. The van der Waals surface area contributed by atoms with Gasteiger partial charge in [-0.2, -0.15) is 0 Å². The lowest BCUT2D eigenvalue weighted by atomic mass is 10.1. The van der Waals surface area contributed by atoms with Gasteiger partial charge in [0.15, 0.2) is 17.6 Å². The number of para-hydroxylation sites is 2. The van der Waals surface area contributed by atoms with Crippen molar-refractivity contribution in [1.29, 1.82) is 0 Å². The Bertz CT molecular complexity index is 1110. The molecule has 4 rings (SSSR count). The number of rotatable bonds is 7. The first-order valence-corrected chi connectivity index (χ1v) is 10.8. The number of likely N-dealkylation sites (N-methyl/N-ethyl adjacent to an activating group) is 1. The Morgan fingerprint density at radius 1 is 1.03 bits per heavy atom. The lowest BCUT2D eigenvalue weighted by Gasteiger charge is -2.31. The number of aromatic nitrogens is 1. The molecule has 2 heterocycles. The molecule has 0 radical (unpaired) electrons. The molecule has 3 aromatic rings. The Morgan fingerprint density at radius 2 is 1.75 bits per heavy atom. The molecule has 0 aliphatic carbocycles. The monoisotopic (exact) mass is 433 g/mol. The first-order chi connectivity index (χ1) is 15.6. The third-order valence-corrected chi connectivity index (χ3v) is 5.38. The topological polar surface area (TPSA) is 72.8 Å². The Balaban J connectivity index is 1.28. The van der Waals surface area contributed by atoms with Gasteiger partial charge in [-0.25, -0.2) is 4.79 Å². The van der Waals surface area contributed by atoms with Crippen LogP contribution < -0.4 is 20.3 Å². The summed E-state index contributed by atoms with van der Waals surface area (Å²) in [5.41, 5.74) is 1.99. The molecule has 2 amide bonds. The van der Waals surface area contributed by atoms with Crippen LogP contribution in [-0.2, 0) is 13.1 Å². The fourth-order valence-corrected chi connectivity index (χ4v) is 3.59. The number of nitrogens with zero attached hydrogens (tertiary/aromatic N) is 2. The van der Waals surface area contributed by atoms with Gasteiger partial charge in [-0.05, 0) is 36.2 Å². The van der Waals surface area contributed by atoms with Crippen molar-refractivity contribution in [1.82, 2.24) is 14.8 Å². The number of benzene rings is 2. The minimum Gasteiger partial charge on any atom is -0.486 e. The Labute approximate surface area is 187 Å². The van der Waals surface area contributed by atoms with Crippen molar-refractivity contribution in [2.24, 2.45) is 0 Å². The van der Waals surface area contributed by atoms with Gasteiger partial charge in [0.25, 0.3) is 5.56 Å². The van der Waals surface area contributed by atoms with Crippen molar-refractivity contribution in [3.05, 3.63) is 94.4 Å². The van der Waals surface area contributed by atoms with Crippen LogP contribution in [0.5, 0.6) is 11.5 Å². The summed E-state index contributed by atoms with van der Waals surface area (Å²) in [6.45, 7) is 4.30. The van der Waals surface area contributed by atoms with Crippen LogP contribution in [0.3, 0.4) is 0 Å². The fourth-order valence-electron chi connectivity index (χ4n) is 3.59. The van der Waals surface area contributed by atoms with Crippen LogP contribution in [-0.4, -0.2) is 41.3 Å². The number of hydrogen-bond acceptors (Lipinski definition) is 4. The van der Waals surface area contributed by atoms with Crippen molar-refractivity contribution in [3.63, 3.8) is 0 Å². The van der Waals surface area contributed by atoms with Crippen LogP contribution in [0, 0.1) is 0 Å². The molecule has 32 heavy (non-hydrogen) atoms. The third-order valence-electron chi connectivity index (χ3n) is 5.38. The predicted octanol–water partition coefficient (Wildman–Crippen LogP) is 3.27. The summed E-state index contributed by atoms with van der Waals surface area (Å²) < 4.78 is 13.4. The zero-order chi connectivity index (χ0) is 22.3. The average Bonchev–Trinajstić information content (AvgIpc) is 2.83. The van der Waals surface area contributed by atoms with Crippen LogP contribution in [0.15, 0.2) is 77.7 Å². The lowest BCUT2D eigenvalue weighted by molar-refractivity contribution is 0.0675. The first-order valence-electron chi connectivity index (χ1n) is 10.8. The summed E-state index contributed by atoms with van der Waals surface area (Å²) in [6.07, 6.45) is 1.56. The molecule has 1 aliphatic heterocycles. The number of urea groups is 1. The standard InChI is InChI=1S/C25H27N3O4/c1-2-27(17-21-18-31-22-7-3-4-8-23(22)32-21)25(30)26-15-19-10-12-20(13-11-19)16-28-14-6-5-9-24(28)29/h3-14,21H,2,15-18H2,1H3,(H,26,30). The number of pyridine rings is 1. The van der Waals surface area contributed by atoms with Gasteiger partial charge in [0.05, 0.1) is 13.1 Å². The number of amides is 2. The van der Waals surface area contributed by atoms with Gasteiger partial charge in [0.2, 0.25) is 0 Å². The minimum atomic E-state index is -0.212. The number of hydrogen-bond donors (Lipinski definition) is 1. The Kier molecular flexibility index (Phi) is 6.75. The molecule has 0 bridgehead atoms. The van der Waals surface area contributed by atoms with Crippen LogP contribution in [0.4, 0.5) is 4.79 Å². The zero-order valence-electron chi connectivity index (χ0n) is 18.1. The molecule has 1 atom stereocenters. The van der Waals surface area contributed by atoms with E-state index in [0.717, 1.165) is 16.9 Å². The van der Waals surface area contributed by atoms with Gasteiger partial charge >= 0.3 is 6.03 Å². The van der Waals surface area contributed by atoms with E-state index in [9.17, 15) is 9.59 Å². The number of carbonyl (C=O) groups is 1. The smallest absolute Gasteiger partial charge is 0.317 e. The second-order valence-corrected chi connectivity index (χ2v) is 7.68. The van der Waals surface area contributed by atoms with E-state index in [1.165, 1.54) is 0 Å². The summed E-state index contributed by atoms with van der Waals surface area (Å²) >= 11 is 0. The van der Waals surface area contributed by atoms with Crippen LogP contribution >= 0.6 is 0 Å². The Morgan fingerprint density at radius 3 is 2.50 bits per heavy atom. The van der Waals surface area contributed by atoms with E-state index < -0.39 is 0 Å². The number of fused-ring (bicyclic) bond motifs is 1. The van der Waals surface area contributed by atoms with E-state index in [0.29, 0.717) is 38.5 Å². The molecule has 0 fully saturated rings. The summed E-state index contributed by atoms with van der Waals surface area (Å²) in [5.74, 6) is 1.44. The molecule has 0 saturated heterocycles. The van der Waals surface area contributed by atoms with E-state index in [4.69, 9.17) is 9.47 Å². The molecule has 2 aromatic carbocycles. The second kappa shape index (κ2) is 10.0. The van der Waals surface area contributed by atoms with Gasteiger partial charge in [0.1, 0.15) is 6.61 Å². The van der Waals surface area contributed by atoms with Crippen molar-refractivity contribution in [3.8, 4) is 11.5 Å². The Hall–Kier alpha value is -3.74. The quantitative estimate of drug-likeness (QED) is 0.621. The van der Waals surface area contributed by atoms with Gasteiger partial charge in [-0.3, -0.25) is 4.79 Å². The van der Waals surface area contributed by atoms with E-state index in [2.05, 4.69) is 5.32 Å². The zero-order valence-corrected chi connectivity index (χ0v) is 18.1. The molecular formula is C25H27N3O4. The molecule has 1 unspecified atom stereocenters. The summed E-state index contributed by atoms with van der Waals surface area (Å²) in [4.78, 5) is 26.3. The van der Waals surface area contributed by atoms with Gasteiger partial charge in [-0.1, -0.05) is 42.5 Å². The van der Waals surface area contributed by atoms with E-state index in [1.807, 2.05) is 61.5 Å². The highest BCUT2D eigenvalue weighted by molar-refractivity contribution is 5.74. The van der Waals surface area contributed by atoms with Crippen LogP contribution in [0.1, 0.15) is 18.1 Å². The van der Waals surface area contributed by atoms with E-state index in [-0.39, 0.29) is 17.7 Å². The van der Waals surface area contributed by atoms with Crippen molar-refractivity contribution in [2.45, 2.75) is 26.1 Å². The molecule has 0 spiro atoms. The predicted molar refractivity (Wildman–Crippen MR) is 122 cm³/mol. The molecule has 0 saturated carbocycles. The van der Waals surface area contributed by atoms with Crippen LogP contribution in [0.25, 0.3) is 0 Å². The first kappa shape index (κ1) is 21.5. The van der Waals surface area contributed by atoms with E-state index in [1.54, 1.807) is 27.8 Å². The lowest BCUT2D eigenvalue weighted by Crippen LogP contribution is -2.47. The fraction of sp³-hybridized carbons (Fsp3) is 0.280. The van der Waals surface area contributed by atoms with Gasteiger partial charge in [0, 0.05) is 25.4 Å². The number of ether oxygens (including phenoxy) is 2. The number of nitrogens with one attached hydrogen (secondary N) is 1. The maximum atomic E-state index is 12.7. The number of carbonyl (C=O) groups excluding carboxylic acids is 1. The molecule has 1 aliphatic rings. The van der Waals surface area contributed by atoms with Gasteiger partial charge in [-0.15, -0.1) is 0 Å². The van der Waals surface area contributed by atoms with Crippen LogP contribution in [0.2, 0.25) is 0 Å². The maximum Gasteiger partial charge on any atom is 0.317 e. The highest BCUT2D eigenvalue weighted by atomic mass is 16.6. The third kappa shape index (κ3) is 5.29. The summed E-state index contributed by atoms with van der Waals surface area (Å²) in [5, 5.41) is 2.97. The second-order valence-electron chi connectivity index (χ2n) is 7.68. The maximum absolute atomic E-state index is 12.7. The molecule has 7 heteroatoms. The summed E-state index contributed by atoms with van der Waals surface area (Å²) in [7, 11) is 0. The molecule has 7 nitrogen and oxygen atoms in total. The highest BCUT2D eigenvalue weighted by Crippen LogP contribution is 2.31. The molecule has 1 N–H and O–H groups in total. The normalized spacial score (nSPS) is 14.6. The SMILES string of the molecule is CCN(CC1COc2ccccc2O1)C(=O)NCc1ccc(Cn2ccccc2=O)cc1. The minimum absolute atomic E-state index is 0.0284. The van der Waals surface area contributed by atoms with Crippen molar-refractivity contribution >= 4 is 6.03 Å².